The Labute approximate surface area is 154 Å². The van der Waals surface area contributed by atoms with Crippen LogP contribution in [0.3, 0.4) is 0 Å². The van der Waals surface area contributed by atoms with Crippen molar-refractivity contribution in [1.82, 2.24) is 9.21 Å². The van der Waals surface area contributed by atoms with Crippen LogP contribution in [0.15, 0.2) is 16.3 Å². The summed E-state index contributed by atoms with van der Waals surface area (Å²) in [6, 6.07) is 3.40. The molecule has 0 saturated carbocycles. The number of likely N-dealkylation sites (N-methyl/N-ethyl adjacent to an activating group) is 1. The maximum atomic E-state index is 12.7. The fraction of sp³-hybridized carbons (Fsp3) is 0.667. The van der Waals surface area contributed by atoms with Crippen molar-refractivity contribution in [2.75, 3.05) is 26.7 Å². The van der Waals surface area contributed by atoms with Gasteiger partial charge in [0, 0.05) is 37.6 Å². The zero-order valence-corrected chi connectivity index (χ0v) is 16.7. The standard InChI is InChI=1S/C15H25N3O3S2.ClH/c1-11(9-16)17(3)15(19)13-5-4-8-18(10-13)23(20,21)14-7-6-12(2)22-14;/h6-7,11,13H,4-5,8-10,16H2,1-3H3;1H. The van der Waals surface area contributed by atoms with Gasteiger partial charge in [-0.05, 0) is 38.8 Å². The smallest absolute Gasteiger partial charge is 0.252 e. The average Bonchev–Trinajstić information content (AvgIpc) is 3.00. The lowest BCUT2D eigenvalue weighted by molar-refractivity contribution is -0.137. The number of hydrogen-bond donors (Lipinski definition) is 1. The molecule has 1 fully saturated rings. The summed E-state index contributed by atoms with van der Waals surface area (Å²) in [5.41, 5.74) is 5.62. The van der Waals surface area contributed by atoms with Crippen molar-refractivity contribution in [3.63, 3.8) is 0 Å². The van der Waals surface area contributed by atoms with E-state index >= 15 is 0 Å². The van der Waals surface area contributed by atoms with Crippen LogP contribution in [0.2, 0.25) is 0 Å². The maximum Gasteiger partial charge on any atom is 0.252 e. The summed E-state index contributed by atoms with van der Waals surface area (Å²) < 4.78 is 27.2. The van der Waals surface area contributed by atoms with Crippen LogP contribution < -0.4 is 5.73 Å². The predicted molar refractivity (Wildman–Crippen MR) is 99.1 cm³/mol. The van der Waals surface area contributed by atoms with E-state index in [0.29, 0.717) is 23.7 Å². The van der Waals surface area contributed by atoms with Gasteiger partial charge in [0.05, 0.1) is 5.92 Å². The SMILES string of the molecule is Cc1ccc(S(=O)(=O)N2CCCC(C(=O)N(C)C(C)CN)C2)s1.Cl. The number of halogens is 1. The number of hydrogen-bond acceptors (Lipinski definition) is 5. The molecule has 24 heavy (non-hydrogen) atoms. The van der Waals surface area contributed by atoms with Gasteiger partial charge < -0.3 is 10.6 Å². The Morgan fingerprint density at radius 3 is 2.71 bits per heavy atom. The van der Waals surface area contributed by atoms with Crippen LogP contribution >= 0.6 is 23.7 Å². The van der Waals surface area contributed by atoms with Crippen LogP contribution in [0.5, 0.6) is 0 Å². The van der Waals surface area contributed by atoms with Crippen LogP contribution in [0.25, 0.3) is 0 Å². The van der Waals surface area contributed by atoms with Crippen molar-refractivity contribution in [1.29, 1.82) is 0 Å². The minimum absolute atomic E-state index is 0. The maximum absolute atomic E-state index is 12.7. The number of sulfonamides is 1. The van der Waals surface area contributed by atoms with Crippen molar-refractivity contribution in [2.45, 2.75) is 36.9 Å². The molecule has 2 unspecified atom stereocenters. The van der Waals surface area contributed by atoms with Gasteiger partial charge in [-0.2, -0.15) is 4.31 Å². The molecule has 1 amide bonds. The highest BCUT2D eigenvalue weighted by Crippen LogP contribution is 2.28. The summed E-state index contributed by atoms with van der Waals surface area (Å²) >= 11 is 1.27. The van der Waals surface area contributed by atoms with E-state index in [0.717, 1.165) is 11.3 Å². The first-order valence-corrected chi connectivity index (χ1v) is 10.1. The Morgan fingerprint density at radius 1 is 1.50 bits per heavy atom. The Kier molecular flexibility index (Phi) is 7.68. The van der Waals surface area contributed by atoms with Gasteiger partial charge in [0.1, 0.15) is 4.21 Å². The Hall–Kier alpha value is -0.670. The molecular weight excluding hydrogens is 370 g/mol. The average molecular weight is 396 g/mol. The summed E-state index contributed by atoms with van der Waals surface area (Å²) in [7, 11) is -1.77. The molecule has 0 spiro atoms. The highest BCUT2D eigenvalue weighted by molar-refractivity contribution is 7.91. The molecule has 1 saturated heterocycles. The van der Waals surface area contributed by atoms with Crippen molar-refractivity contribution in [3.8, 4) is 0 Å². The first kappa shape index (κ1) is 21.4. The van der Waals surface area contributed by atoms with E-state index in [-0.39, 0.29) is 36.8 Å². The molecule has 0 aromatic carbocycles. The van der Waals surface area contributed by atoms with Gasteiger partial charge in [-0.25, -0.2) is 8.42 Å². The number of amides is 1. The molecule has 0 aliphatic carbocycles. The molecule has 1 aromatic heterocycles. The van der Waals surface area contributed by atoms with Crippen LogP contribution in [-0.4, -0.2) is 56.3 Å². The molecule has 9 heteroatoms. The van der Waals surface area contributed by atoms with Gasteiger partial charge in [0.2, 0.25) is 5.91 Å². The lowest BCUT2D eigenvalue weighted by atomic mass is 9.97. The first-order valence-electron chi connectivity index (χ1n) is 7.80. The minimum Gasteiger partial charge on any atom is -0.342 e. The molecule has 2 atom stereocenters. The zero-order chi connectivity index (χ0) is 17.2. The van der Waals surface area contributed by atoms with E-state index in [2.05, 4.69) is 0 Å². The highest BCUT2D eigenvalue weighted by atomic mass is 35.5. The number of thiophene rings is 1. The molecule has 1 aliphatic heterocycles. The van der Waals surface area contributed by atoms with Gasteiger partial charge in [0.25, 0.3) is 10.0 Å². The molecule has 0 bridgehead atoms. The van der Waals surface area contributed by atoms with Crippen LogP contribution in [0, 0.1) is 12.8 Å². The lowest BCUT2D eigenvalue weighted by Crippen LogP contribution is -2.48. The second-order valence-electron chi connectivity index (χ2n) is 6.10. The number of rotatable bonds is 5. The fourth-order valence-corrected chi connectivity index (χ4v) is 5.67. The van der Waals surface area contributed by atoms with E-state index in [9.17, 15) is 13.2 Å². The summed E-state index contributed by atoms with van der Waals surface area (Å²) in [6.07, 6.45) is 1.42. The third kappa shape index (κ3) is 4.49. The predicted octanol–water partition coefficient (Wildman–Crippen LogP) is 1.68. The van der Waals surface area contributed by atoms with Crippen LogP contribution in [0.4, 0.5) is 0 Å². The number of carbonyl (C=O) groups is 1. The van der Waals surface area contributed by atoms with Crippen LogP contribution in [-0.2, 0) is 14.8 Å². The second kappa shape index (κ2) is 8.62. The van der Waals surface area contributed by atoms with E-state index in [1.54, 1.807) is 24.1 Å². The highest BCUT2D eigenvalue weighted by Gasteiger charge is 2.35. The van der Waals surface area contributed by atoms with Gasteiger partial charge in [0.15, 0.2) is 0 Å². The molecule has 2 N–H and O–H groups in total. The van der Waals surface area contributed by atoms with E-state index < -0.39 is 10.0 Å². The zero-order valence-electron chi connectivity index (χ0n) is 14.3. The number of aryl methyl sites for hydroxylation is 1. The molecule has 2 heterocycles. The first-order chi connectivity index (χ1) is 10.8. The summed E-state index contributed by atoms with van der Waals surface area (Å²) in [4.78, 5) is 15.2. The minimum atomic E-state index is -3.50. The summed E-state index contributed by atoms with van der Waals surface area (Å²) in [5, 5.41) is 0. The number of nitrogens with two attached hydrogens (primary N) is 1. The quantitative estimate of drug-likeness (QED) is 0.822. The molecule has 2 rings (SSSR count). The molecule has 6 nitrogen and oxygen atoms in total. The van der Waals surface area contributed by atoms with E-state index in [4.69, 9.17) is 5.73 Å². The third-order valence-corrected chi connectivity index (χ3v) is 7.73. The van der Waals surface area contributed by atoms with E-state index in [1.165, 1.54) is 15.6 Å². The van der Waals surface area contributed by atoms with Gasteiger partial charge in [-0.3, -0.25) is 4.79 Å². The van der Waals surface area contributed by atoms with Crippen molar-refractivity contribution in [2.24, 2.45) is 11.7 Å². The molecule has 1 aliphatic rings. The van der Waals surface area contributed by atoms with Gasteiger partial charge in [-0.15, -0.1) is 23.7 Å². The number of carbonyl (C=O) groups excluding carboxylic acids is 1. The van der Waals surface area contributed by atoms with Gasteiger partial charge >= 0.3 is 0 Å². The normalized spacial score (nSPS) is 20.2. The summed E-state index contributed by atoms with van der Waals surface area (Å²) in [6.45, 7) is 4.89. The fourth-order valence-electron chi connectivity index (χ4n) is 2.70. The van der Waals surface area contributed by atoms with Crippen molar-refractivity contribution < 1.29 is 13.2 Å². The molecular formula is C15H26ClN3O3S2. The number of nitrogens with zero attached hydrogens (tertiary/aromatic N) is 2. The van der Waals surface area contributed by atoms with Crippen LogP contribution in [0.1, 0.15) is 24.6 Å². The topological polar surface area (TPSA) is 83.7 Å². The molecule has 1 aromatic rings. The Balaban J connectivity index is 0.00000288. The van der Waals surface area contributed by atoms with Crippen molar-refractivity contribution in [3.05, 3.63) is 17.0 Å². The Morgan fingerprint density at radius 2 is 2.17 bits per heavy atom. The summed E-state index contributed by atoms with van der Waals surface area (Å²) in [5.74, 6) is -0.316. The largest absolute Gasteiger partial charge is 0.342 e. The Bertz CT molecular complexity index is 663. The molecule has 138 valence electrons. The third-order valence-electron chi connectivity index (χ3n) is 4.39. The van der Waals surface area contributed by atoms with Crippen molar-refractivity contribution >= 4 is 39.7 Å². The van der Waals surface area contributed by atoms with E-state index in [1.807, 2.05) is 13.8 Å². The lowest BCUT2D eigenvalue weighted by Gasteiger charge is -2.34. The monoisotopic (exact) mass is 395 g/mol. The number of piperidine rings is 1. The second-order valence-corrected chi connectivity index (χ2v) is 9.55. The molecule has 0 radical (unpaired) electrons. The van der Waals surface area contributed by atoms with Gasteiger partial charge in [-0.1, -0.05) is 0 Å².